The highest BCUT2D eigenvalue weighted by Gasteiger charge is 2.33. The minimum atomic E-state index is -1.09. The minimum absolute atomic E-state index is 0.00122. The molecule has 0 radical (unpaired) electrons. The van der Waals surface area contributed by atoms with Crippen LogP contribution in [0, 0.1) is 11.7 Å². The number of rotatable bonds is 12. The van der Waals surface area contributed by atoms with E-state index in [9.17, 15) is 28.4 Å². The summed E-state index contributed by atoms with van der Waals surface area (Å²) >= 11 is 0. The van der Waals surface area contributed by atoms with Gasteiger partial charge in [-0.2, -0.15) is 0 Å². The first-order valence-corrected chi connectivity index (χ1v) is 14.4. The molecule has 2 aliphatic rings. The molecule has 0 unspecified atom stereocenters. The van der Waals surface area contributed by atoms with Gasteiger partial charge in [-0.1, -0.05) is 63.5 Å². The Morgan fingerprint density at radius 2 is 1.68 bits per heavy atom. The molecule has 0 aliphatic heterocycles. The summed E-state index contributed by atoms with van der Waals surface area (Å²) in [5.41, 5.74) is 1.01. The van der Waals surface area contributed by atoms with E-state index in [1.54, 1.807) is 32.1 Å². The zero-order valence-electron chi connectivity index (χ0n) is 24.0. The van der Waals surface area contributed by atoms with E-state index in [2.05, 4.69) is 21.3 Å². The largest absolute Gasteiger partial charge is 0.347 e. The van der Waals surface area contributed by atoms with Gasteiger partial charge in [0.25, 0.3) is 5.91 Å². The predicted octanol–water partition coefficient (Wildman–Crippen LogP) is 2.79. The Labute approximate surface area is 240 Å². The molecule has 0 spiro atoms. The number of carbonyl (C=O) groups excluding carboxylic acids is 5. The van der Waals surface area contributed by atoms with Crippen LogP contribution in [-0.2, 0) is 30.4 Å². The summed E-state index contributed by atoms with van der Waals surface area (Å²) < 4.78 is 13.8. The van der Waals surface area contributed by atoms with Crippen LogP contribution < -0.4 is 21.3 Å². The van der Waals surface area contributed by atoms with Gasteiger partial charge in [0.15, 0.2) is 0 Å². The van der Waals surface area contributed by atoms with Gasteiger partial charge in [-0.3, -0.25) is 24.0 Å². The molecule has 1 aromatic rings. The van der Waals surface area contributed by atoms with E-state index in [1.807, 2.05) is 6.08 Å². The van der Waals surface area contributed by atoms with Crippen LogP contribution in [0.1, 0.15) is 71.3 Å². The molecule has 0 heterocycles. The number of hydrogen-bond acceptors (Lipinski definition) is 5. The lowest BCUT2D eigenvalue weighted by molar-refractivity contribution is -0.141. The van der Waals surface area contributed by atoms with Crippen LogP contribution in [-0.4, -0.2) is 53.6 Å². The average Bonchev–Trinajstić information content (AvgIpc) is 2.95. The second-order valence-electron chi connectivity index (χ2n) is 11.2. The minimum Gasteiger partial charge on any atom is -0.347 e. The number of amides is 4. The van der Waals surface area contributed by atoms with E-state index in [4.69, 9.17) is 0 Å². The molecule has 3 atom stereocenters. The van der Waals surface area contributed by atoms with Crippen molar-refractivity contribution >= 4 is 29.4 Å². The number of benzene rings is 1. The second kappa shape index (κ2) is 15.3. The fourth-order valence-electron chi connectivity index (χ4n) is 4.99. The second-order valence-corrected chi connectivity index (χ2v) is 11.2. The normalized spacial score (nSPS) is 17.5. The van der Waals surface area contributed by atoms with E-state index in [-0.39, 0.29) is 18.4 Å². The lowest BCUT2D eigenvalue weighted by Crippen LogP contribution is -2.57. The maximum Gasteiger partial charge on any atom is 0.289 e. The van der Waals surface area contributed by atoms with Gasteiger partial charge in [0.05, 0.1) is 6.04 Å². The molecule has 4 N–H and O–H groups in total. The number of carbonyl (C=O) groups is 5. The van der Waals surface area contributed by atoms with E-state index in [0.717, 1.165) is 32.1 Å². The Hall–Kier alpha value is -3.82. The lowest BCUT2D eigenvalue weighted by Gasteiger charge is -2.26. The molecular formula is C31H41FN4O5. The fraction of sp³-hybridized carbons (Fsp3) is 0.516. The molecule has 2 aliphatic carbocycles. The van der Waals surface area contributed by atoms with E-state index in [0.29, 0.717) is 24.0 Å². The quantitative estimate of drug-likeness (QED) is 0.288. The predicted molar refractivity (Wildman–Crippen MR) is 153 cm³/mol. The summed E-state index contributed by atoms with van der Waals surface area (Å²) in [6.07, 6.45) is 11.4. The van der Waals surface area contributed by atoms with Crippen molar-refractivity contribution in [1.82, 2.24) is 21.3 Å². The molecule has 0 bridgehead atoms. The van der Waals surface area contributed by atoms with Crippen LogP contribution in [0.5, 0.6) is 0 Å². The number of halogens is 1. The van der Waals surface area contributed by atoms with E-state index < -0.39 is 53.4 Å². The SMILES string of the molecule is CC(C)[C@H](NC(=O)[C@H](C)NC(=O)[C@@H](Cc1cccc(F)c1)NC(=O)C1=CC=CCC1)C(=O)C(=O)NC1CCCCC1. The van der Waals surface area contributed by atoms with Crippen molar-refractivity contribution in [2.45, 2.75) is 96.3 Å². The van der Waals surface area contributed by atoms with Crippen molar-refractivity contribution in [3.8, 4) is 0 Å². The molecule has 1 saturated carbocycles. The third-order valence-corrected chi connectivity index (χ3v) is 7.42. The summed E-state index contributed by atoms with van der Waals surface area (Å²) in [6.45, 7) is 4.89. The smallest absolute Gasteiger partial charge is 0.289 e. The van der Waals surface area contributed by atoms with Gasteiger partial charge >= 0.3 is 0 Å². The maximum absolute atomic E-state index is 13.8. The molecule has 0 aromatic heterocycles. The van der Waals surface area contributed by atoms with Gasteiger partial charge in [-0.15, -0.1) is 0 Å². The Bertz CT molecular complexity index is 1190. The average molecular weight is 569 g/mol. The number of nitrogens with one attached hydrogen (secondary N) is 4. The Balaban J connectivity index is 1.65. The van der Waals surface area contributed by atoms with Crippen LogP contribution >= 0.6 is 0 Å². The van der Waals surface area contributed by atoms with Crippen molar-refractivity contribution < 1.29 is 28.4 Å². The van der Waals surface area contributed by atoms with Crippen LogP contribution in [0.15, 0.2) is 48.1 Å². The van der Waals surface area contributed by atoms with Gasteiger partial charge < -0.3 is 21.3 Å². The molecule has 0 saturated heterocycles. The molecule has 41 heavy (non-hydrogen) atoms. The molecule has 1 fully saturated rings. The zero-order chi connectivity index (χ0) is 29.9. The Kier molecular flexibility index (Phi) is 11.8. The molecule has 10 heteroatoms. The first kappa shape index (κ1) is 31.7. The van der Waals surface area contributed by atoms with Crippen molar-refractivity contribution in [3.05, 3.63) is 59.4 Å². The van der Waals surface area contributed by atoms with Crippen LogP contribution in [0.25, 0.3) is 0 Å². The standard InChI is InChI=1S/C31H41FN4O5/c1-19(2)26(27(37)31(41)34-24-15-8-5-9-16-24)36-28(38)20(3)33-30(40)25(18-21-11-10-14-23(32)17-21)35-29(39)22-12-6-4-7-13-22/h4,6,10-12,14,17,19-20,24-26H,5,7-9,13,15-16,18H2,1-3H3,(H,33,40)(H,34,41)(H,35,39)(H,36,38)/t20-,25+,26-/m0/s1. The van der Waals surface area contributed by atoms with Gasteiger partial charge in [-0.25, -0.2) is 4.39 Å². The molecule has 4 amide bonds. The topological polar surface area (TPSA) is 133 Å². The number of allylic oxidation sites excluding steroid dienone is 3. The molecule has 222 valence electrons. The van der Waals surface area contributed by atoms with Crippen LogP contribution in [0.3, 0.4) is 0 Å². The number of Topliss-reactive ketones (excluding diaryl/α,β-unsaturated/α-hetero) is 1. The van der Waals surface area contributed by atoms with Crippen LogP contribution in [0.2, 0.25) is 0 Å². The Morgan fingerprint density at radius 3 is 2.32 bits per heavy atom. The number of ketones is 1. The van der Waals surface area contributed by atoms with Crippen molar-refractivity contribution in [2.24, 2.45) is 5.92 Å². The zero-order valence-corrected chi connectivity index (χ0v) is 24.0. The molecular weight excluding hydrogens is 527 g/mol. The highest BCUT2D eigenvalue weighted by molar-refractivity contribution is 6.38. The summed E-state index contributed by atoms with van der Waals surface area (Å²) in [5.74, 6) is -4.01. The highest BCUT2D eigenvalue weighted by atomic mass is 19.1. The lowest BCUT2D eigenvalue weighted by atomic mass is 9.94. The maximum atomic E-state index is 13.8. The van der Waals surface area contributed by atoms with Gasteiger partial charge in [0.1, 0.15) is 17.9 Å². The summed E-state index contributed by atoms with van der Waals surface area (Å²) in [5, 5.41) is 10.7. The van der Waals surface area contributed by atoms with Crippen molar-refractivity contribution in [2.75, 3.05) is 0 Å². The highest BCUT2D eigenvalue weighted by Crippen LogP contribution is 2.18. The first-order chi connectivity index (χ1) is 19.5. The van der Waals surface area contributed by atoms with Crippen molar-refractivity contribution in [3.63, 3.8) is 0 Å². The molecule has 1 aromatic carbocycles. The number of hydrogen-bond donors (Lipinski definition) is 4. The van der Waals surface area contributed by atoms with Crippen molar-refractivity contribution in [1.29, 1.82) is 0 Å². The molecule has 9 nitrogen and oxygen atoms in total. The summed E-state index contributed by atoms with van der Waals surface area (Å²) in [6, 6.07) is 2.43. The monoisotopic (exact) mass is 568 g/mol. The molecule has 3 rings (SSSR count). The van der Waals surface area contributed by atoms with Crippen LogP contribution in [0.4, 0.5) is 4.39 Å². The third-order valence-electron chi connectivity index (χ3n) is 7.42. The van der Waals surface area contributed by atoms with E-state index >= 15 is 0 Å². The van der Waals surface area contributed by atoms with E-state index in [1.165, 1.54) is 25.1 Å². The van der Waals surface area contributed by atoms with Gasteiger partial charge in [-0.05, 0) is 56.2 Å². The third kappa shape index (κ3) is 9.65. The fourth-order valence-corrected chi connectivity index (χ4v) is 4.99. The van der Waals surface area contributed by atoms with Gasteiger partial charge in [0.2, 0.25) is 23.5 Å². The summed E-state index contributed by atoms with van der Waals surface area (Å²) in [7, 11) is 0. The Morgan fingerprint density at radius 1 is 0.951 bits per heavy atom. The summed E-state index contributed by atoms with van der Waals surface area (Å²) in [4.78, 5) is 64.8. The van der Waals surface area contributed by atoms with Gasteiger partial charge in [0, 0.05) is 18.0 Å². The first-order valence-electron chi connectivity index (χ1n) is 14.4.